The Morgan fingerprint density at radius 3 is 3.04 bits per heavy atom. The third-order valence-electron chi connectivity index (χ3n) is 5.61. The first-order chi connectivity index (χ1) is 13.4. The van der Waals surface area contributed by atoms with Crippen LogP contribution < -0.4 is 0 Å². The molecule has 0 saturated carbocycles. The fourth-order valence-corrected chi connectivity index (χ4v) is 5.52. The van der Waals surface area contributed by atoms with Crippen molar-refractivity contribution in [2.45, 2.75) is 38.5 Å². The molecule has 0 fully saturated rings. The molecule has 0 saturated heterocycles. The Kier molecular flexibility index (Phi) is 3.35. The van der Waals surface area contributed by atoms with Crippen LogP contribution in [0.1, 0.15) is 41.1 Å². The number of para-hydroxylation sites is 1. The summed E-state index contributed by atoms with van der Waals surface area (Å²) >= 11 is 1.85. The van der Waals surface area contributed by atoms with E-state index in [1.165, 1.54) is 52.5 Å². The first kappa shape index (κ1) is 15.3. The Balaban J connectivity index is 1.49. The number of aryl methyl sites for hydroxylation is 2. The number of hydrogen-bond donors (Lipinski definition) is 1. The second-order valence-corrected chi connectivity index (χ2v) is 8.41. The molecule has 1 aromatic carbocycles. The van der Waals surface area contributed by atoms with E-state index in [1.54, 1.807) is 0 Å². The maximum atomic E-state index is 4.94. The van der Waals surface area contributed by atoms with Gasteiger partial charge in [-0.2, -0.15) is 0 Å². The van der Waals surface area contributed by atoms with E-state index in [0.29, 0.717) is 0 Å². The van der Waals surface area contributed by atoms with Crippen molar-refractivity contribution in [3.8, 4) is 0 Å². The van der Waals surface area contributed by atoms with E-state index < -0.39 is 0 Å². The molecule has 5 aromatic rings. The summed E-state index contributed by atoms with van der Waals surface area (Å²) in [5, 5.41) is 7.20. The van der Waals surface area contributed by atoms with Gasteiger partial charge in [0.1, 0.15) is 11.2 Å². The van der Waals surface area contributed by atoms with Gasteiger partial charge in [-0.3, -0.25) is 0 Å². The molecule has 1 aliphatic rings. The van der Waals surface area contributed by atoms with Crippen LogP contribution >= 0.6 is 11.3 Å². The Hall–Kier alpha value is -2.73. The van der Waals surface area contributed by atoms with Gasteiger partial charge < -0.3 is 4.98 Å². The number of rotatable bonds is 2. The lowest BCUT2D eigenvalue weighted by Gasteiger charge is -1.98. The van der Waals surface area contributed by atoms with Gasteiger partial charge in [0.05, 0.1) is 5.39 Å². The van der Waals surface area contributed by atoms with Gasteiger partial charge in [-0.25, -0.2) is 14.5 Å². The van der Waals surface area contributed by atoms with Gasteiger partial charge in [-0.15, -0.1) is 16.4 Å². The molecule has 4 aromatic heterocycles. The lowest BCUT2D eigenvalue weighted by Crippen LogP contribution is -1.93. The first-order valence-electron chi connectivity index (χ1n) is 9.56. The quantitative estimate of drug-likeness (QED) is 0.457. The lowest BCUT2D eigenvalue weighted by atomic mass is 10.1. The van der Waals surface area contributed by atoms with E-state index in [0.717, 1.165) is 34.7 Å². The normalized spacial score (nSPS) is 14.8. The van der Waals surface area contributed by atoms with Gasteiger partial charge >= 0.3 is 0 Å². The molecule has 6 rings (SSSR count). The van der Waals surface area contributed by atoms with E-state index in [2.05, 4.69) is 40.4 Å². The van der Waals surface area contributed by atoms with Crippen LogP contribution in [-0.2, 0) is 19.3 Å². The number of H-pyrrole nitrogens is 1. The van der Waals surface area contributed by atoms with Gasteiger partial charge in [0.15, 0.2) is 11.5 Å². The van der Waals surface area contributed by atoms with Gasteiger partial charge in [0.25, 0.3) is 0 Å². The Morgan fingerprint density at radius 1 is 1.11 bits per heavy atom. The molecule has 0 atom stereocenters. The van der Waals surface area contributed by atoms with Crippen molar-refractivity contribution in [3.63, 3.8) is 0 Å². The van der Waals surface area contributed by atoms with Gasteiger partial charge in [0, 0.05) is 28.4 Å². The number of aromatic nitrogens is 5. The number of thiophene rings is 1. The molecule has 0 spiro atoms. The Labute approximate surface area is 160 Å². The minimum atomic E-state index is 0.722. The second kappa shape index (κ2) is 5.89. The molecule has 6 heteroatoms. The van der Waals surface area contributed by atoms with Crippen LogP contribution in [0.3, 0.4) is 0 Å². The minimum Gasteiger partial charge on any atom is -0.361 e. The maximum Gasteiger partial charge on any atom is 0.167 e. The van der Waals surface area contributed by atoms with Crippen LogP contribution in [0.25, 0.3) is 26.8 Å². The fraction of sp³-hybridized carbons (Fsp3) is 0.286. The average Bonchev–Trinajstić information content (AvgIpc) is 3.33. The largest absolute Gasteiger partial charge is 0.361 e. The Bertz CT molecular complexity index is 1290. The zero-order chi connectivity index (χ0) is 17.8. The van der Waals surface area contributed by atoms with Crippen molar-refractivity contribution in [3.05, 3.63) is 58.6 Å². The summed E-state index contributed by atoms with van der Waals surface area (Å²) < 4.78 is 1.87. The van der Waals surface area contributed by atoms with E-state index >= 15 is 0 Å². The lowest BCUT2D eigenvalue weighted by molar-refractivity contribution is 0.713. The molecular formula is C21H19N5S. The molecule has 4 heterocycles. The predicted molar refractivity (Wildman–Crippen MR) is 109 cm³/mol. The van der Waals surface area contributed by atoms with E-state index in [9.17, 15) is 0 Å². The standard InChI is InChI=1S/C21H19N5S/c1-2-7-15-17(9-3-1)27-21-19(15)20-24-18(25-26(20)12-23-21)10-13-11-22-16-8-5-4-6-14(13)16/h4-6,8,11-12,22H,1-3,7,9-10H2. The maximum absolute atomic E-state index is 4.94. The van der Waals surface area contributed by atoms with Gasteiger partial charge in [0.2, 0.25) is 0 Å². The third kappa shape index (κ3) is 2.40. The van der Waals surface area contributed by atoms with E-state index in [-0.39, 0.29) is 0 Å². The average molecular weight is 373 g/mol. The molecule has 0 unspecified atom stereocenters. The van der Waals surface area contributed by atoms with E-state index in [4.69, 9.17) is 10.1 Å². The molecule has 0 bridgehead atoms. The number of fused-ring (bicyclic) bond motifs is 6. The van der Waals surface area contributed by atoms with Crippen molar-refractivity contribution in [2.24, 2.45) is 0 Å². The van der Waals surface area contributed by atoms with Crippen molar-refractivity contribution < 1.29 is 0 Å². The number of benzene rings is 1. The number of nitrogens with one attached hydrogen (secondary N) is 1. The van der Waals surface area contributed by atoms with Crippen LogP contribution in [0.15, 0.2) is 36.8 Å². The van der Waals surface area contributed by atoms with Crippen molar-refractivity contribution in [2.75, 3.05) is 0 Å². The highest BCUT2D eigenvalue weighted by Gasteiger charge is 2.20. The van der Waals surface area contributed by atoms with Crippen LogP contribution in [0.2, 0.25) is 0 Å². The second-order valence-electron chi connectivity index (χ2n) is 7.32. The molecule has 0 radical (unpaired) electrons. The molecule has 27 heavy (non-hydrogen) atoms. The monoisotopic (exact) mass is 373 g/mol. The fourth-order valence-electron chi connectivity index (χ4n) is 4.30. The van der Waals surface area contributed by atoms with Crippen LogP contribution in [-0.4, -0.2) is 24.6 Å². The number of nitrogens with zero attached hydrogens (tertiary/aromatic N) is 4. The third-order valence-corrected chi connectivity index (χ3v) is 6.81. The molecule has 1 aliphatic carbocycles. The molecule has 0 amide bonds. The van der Waals surface area contributed by atoms with Gasteiger partial charge in [-0.05, 0) is 42.9 Å². The summed E-state index contributed by atoms with van der Waals surface area (Å²) in [6.07, 6.45) is 10.8. The highest BCUT2D eigenvalue weighted by Crippen LogP contribution is 2.36. The topological polar surface area (TPSA) is 58.9 Å². The summed E-state index contributed by atoms with van der Waals surface area (Å²) in [4.78, 5) is 15.6. The number of aromatic amines is 1. The van der Waals surface area contributed by atoms with Crippen LogP contribution in [0, 0.1) is 0 Å². The predicted octanol–water partition coefficient (Wildman–Crippen LogP) is 4.68. The summed E-state index contributed by atoms with van der Waals surface area (Å²) in [6.45, 7) is 0. The SMILES string of the molecule is c1ccc2c(Cc3nc4c5c6c(sc5ncn4n3)CCCCC6)c[nH]c2c1. The summed E-state index contributed by atoms with van der Waals surface area (Å²) in [6, 6.07) is 8.38. The Morgan fingerprint density at radius 2 is 2.04 bits per heavy atom. The van der Waals surface area contributed by atoms with Gasteiger partial charge in [-0.1, -0.05) is 24.6 Å². The molecule has 0 aliphatic heterocycles. The van der Waals surface area contributed by atoms with Crippen LogP contribution in [0.4, 0.5) is 0 Å². The molecule has 5 nitrogen and oxygen atoms in total. The summed E-state index contributed by atoms with van der Waals surface area (Å²) in [7, 11) is 0. The summed E-state index contributed by atoms with van der Waals surface area (Å²) in [5.41, 5.74) is 4.82. The smallest absolute Gasteiger partial charge is 0.167 e. The zero-order valence-electron chi connectivity index (χ0n) is 14.9. The molecule has 1 N–H and O–H groups in total. The molecule has 134 valence electrons. The summed E-state index contributed by atoms with van der Waals surface area (Å²) in [5.74, 6) is 0.850. The van der Waals surface area contributed by atoms with Crippen molar-refractivity contribution in [1.82, 2.24) is 24.6 Å². The van der Waals surface area contributed by atoms with Crippen LogP contribution in [0.5, 0.6) is 0 Å². The zero-order valence-corrected chi connectivity index (χ0v) is 15.7. The first-order valence-corrected chi connectivity index (χ1v) is 10.4. The van der Waals surface area contributed by atoms with E-state index in [1.807, 2.05) is 22.2 Å². The van der Waals surface area contributed by atoms with Crippen molar-refractivity contribution in [1.29, 1.82) is 0 Å². The molecular weight excluding hydrogens is 354 g/mol. The van der Waals surface area contributed by atoms with Crippen molar-refractivity contribution >= 4 is 38.1 Å². The highest BCUT2D eigenvalue weighted by atomic mass is 32.1. The minimum absolute atomic E-state index is 0.722. The number of hydrogen-bond acceptors (Lipinski definition) is 4. The highest BCUT2D eigenvalue weighted by molar-refractivity contribution is 7.19.